The number of benzene rings is 3. The van der Waals surface area contributed by atoms with E-state index in [2.05, 4.69) is 58.3 Å². The molecule has 3 aliphatic rings. The van der Waals surface area contributed by atoms with Crippen LogP contribution in [0.4, 0.5) is 0 Å². The first kappa shape index (κ1) is 21.1. The van der Waals surface area contributed by atoms with Crippen LogP contribution in [0.25, 0.3) is 18.2 Å². The summed E-state index contributed by atoms with van der Waals surface area (Å²) in [4.78, 5) is 15.4. The summed E-state index contributed by atoms with van der Waals surface area (Å²) in [6, 6.07) is 21.3. The van der Waals surface area contributed by atoms with Crippen molar-refractivity contribution in [1.29, 1.82) is 0 Å². The molecule has 164 valence electrons. The molecule has 0 bridgehead atoms. The summed E-state index contributed by atoms with van der Waals surface area (Å²) in [5.41, 5.74) is 5.81. The number of hydrogen-bond donors (Lipinski definition) is 0. The average Bonchev–Trinajstić information content (AvgIpc) is 3.11. The molecule has 6 rings (SSSR count). The second-order valence-electron chi connectivity index (χ2n) is 8.51. The highest BCUT2D eigenvalue weighted by molar-refractivity contribution is 6.37. The predicted molar refractivity (Wildman–Crippen MR) is 134 cm³/mol. The van der Waals surface area contributed by atoms with Crippen LogP contribution < -0.4 is 10.4 Å². The molecule has 3 aromatic carbocycles. The van der Waals surface area contributed by atoms with Crippen molar-refractivity contribution in [3.63, 3.8) is 0 Å². The van der Waals surface area contributed by atoms with Crippen LogP contribution in [0.2, 0.25) is 0 Å². The van der Waals surface area contributed by atoms with Crippen molar-refractivity contribution in [1.82, 2.24) is 0 Å². The third kappa shape index (κ3) is 4.31. The van der Waals surface area contributed by atoms with E-state index in [1.807, 2.05) is 30.3 Å². The molecule has 0 N–H and O–H groups in total. The Labute approximate surface area is 193 Å². The molecule has 1 aliphatic heterocycles. The van der Waals surface area contributed by atoms with Crippen LogP contribution in [-0.2, 0) is 28.8 Å². The van der Waals surface area contributed by atoms with Crippen LogP contribution in [0, 0.1) is 10.4 Å². The Morgan fingerprint density at radius 2 is 1.73 bits per heavy atom. The summed E-state index contributed by atoms with van der Waals surface area (Å²) in [6.07, 6.45) is 13.7. The molecular weight excluding hydrogens is 406 g/mol. The van der Waals surface area contributed by atoms with Gasteiger partial charge in [-0.2, -0.15) is 0 Å². The van der Waals surface area contributed by atoms with Gasteiger partial charge in [-0.05, 0) is 74.9 Å². The van der Waals surface area contributed by atoms with Gasteiger partial charge in [0.25, 0.3) is 0 Å². The predicted octanol–water partition coefficient (Wildman–Crippen LogP) is 4.25. The number of aliphatic imine (C=N–C) groups is 1. The van der Waals surface area contributed by atoms with Gasteiger partial charge in [-0.15, -0.1) is 0 Å². The molecule has 0 amide bonds. The molecular formula is C30H27NO2. The van der Waals surface area contributed by atoms with Gasteiger partial charge in [-0.1, -0.05) is 72.8 Å². The van der Waals surface area contributed by atoms with E-state index in [1.54, 1.807) is 17.3 Å². The molecule has 0 aromatic heterocycles. The van der Waals surface area contributed by atoms with Gasteiger partial charge in [0.15, 0.2) is 0 Å². The van der Waals surface area contributed by atoms with Crippen molar-refractivity contribution >= 4 is 29.9 Å². The monoisotopic (exact) mass is 433 g/mol. The van der Waals surface area contributed by atoms with Crippen molar-refractivity contribution in [2.24, 2.45) is 4.99 Å². The summed E-state index contributed by atoms with van der Waals surface area (Å²) in [5, 5.41) is 5.74. The zero-order valence-electron chi connectivity index (χ0n) is 18.9. The topological polar surface area (TPSA) is 38.7 Å². The maximum Gasteiger partial charge on any atom is 0.352 e. The number of esters is 1. The minimum absolute atomic E-state index is 0.364. The first-order valence-corrected chi connectivity index (χ1v) is 11.5. The SMILES string of the molecule is C1=c2ccc3c(c2CCC1)CC=c1ccccc1=3.COC(=O)C1=NC=Cc2ccccc2C1. The zero-order chi connectivity index (χ0) is 22.6. The van der Waals surface area contributed by atoms with E-state index in [4.69, 9.17) is 0 Å². The Morgan fingerprint density at radius 1 is 0.879 bits per heavy atom. The lowest BCUT2D eigenvalue weighted by Gasteiger charge is -2.16. The lowest BCUT2D eigenvalue weighted by atomic mass is 9.89. The summed E-state index contributed by atoms with van der Waals surface area (Å²) in [7, 11) is 1.37. The first-order chi connectivity index (χ1) is 16.2. The van der Waals surface area contributed by atoms with E-state index in [1.165, 1.54) is 47.2 Å². The maximum absolute atomic E-state index is 11.3. The van der Waals surface area contributed by atoms with Gasteiger partial charge in [0, 0.05) is 12.6 Å². The number of nitrogens with zero attached hydrogens (tertiary/aromatic N) is 1. The molecule has 3 nitrogen and oxygen atoms in total. The summed E-state index contributed by atoms with van der Waals surface area (Å²) in [6.45, 7) is 0. The van der Waals surface area contributed by atoms with Crippen molar-refractivity contribution in [3.8, 4) is 0 Å². The molecule has 3 heteroatoms. The second-order valence-corrected chi connectivity index (χ2v) is 8.51. The third-order valence-corrected chi connectivity index (χ3v) is 6.56. The molecule has 2 aliphatic carbocycles. The number of ether oxygens (including phenoxy) is 1. The quantitative estimate of drug-likeness (QED) is 0.538. The van der Waals surface area contributed by atoms with Crippen molar-refractivity contribution in [2.45, 2.75) is 32.1 Å². The normalized spacial score (nSPS) is 14.9. The van der Waals surface area contributed by atoms with E-state index in [-0.39, 0.29) is 5.97 Å². The molecule has 0 unspecified atom stereocenters. The average molecular weight is 434 g/mol. The molecule has 0 fully saturated rings. The number of fused-ring (bicyclic) bond motifs is 5. The van der Waals surface area contributed by atoms with Crippen LogP contribution in [0.15, 0.2) is 71.9 Å². The second kappa shape index (κ2) is 9.41. The molecule has 0 radical (unpaired) electrons. The fourth-order valence-corrected chi connectivity index (χ4v) is 4.89. The number of carbonyl (C=O) groups excluding carboxylic acids is 1. The van der Waals surface area contributed by atoms with Gasteiger partial charge in [-0.3, -0.25) is 4.99 Å². The van der Waals surface area contributed by atoms with E-state index in [0.717, 1.165) is 17.5 Å². The van der Waals surface area contributed by atoms with E-state index < -0.39 is 0 Å². The zero-order valence-corrected chi connectivity index (χ0v) is 18.9. The van der Waals surface area contributed by atoms with Gasteiger partial charge in [0.1, 0.15) is 5.71 Å². The fraction of sp³-hybridized carbons (Fsp3) is 0.200. The van der Waals surface area contributed by atoms with Crippen molar-refractivity contribution in [2.75, 3.05) is 7.11 Å². The molecule has 3 aromatic rings. The molecule has 1 heterocycles. The van der Waals surface area contributed by atoms with Crippen molar-refractivity contribution in [3.05, 3.63) is 110 Å². The van der Waals surface area contributed by atoms with Crippen LogP contribution >= 0.6 is 0 Å². The van der Waals surface area contributed by atoms with Gasteiger partial charge >= 0.3 is 5.97 Å². The summed E-state index contributed by atoms with van der Waals surface area (Å²) in [5.74, 6) is -0.364. The van der Waals surface area contributed by atoms with Gasteiger partial charge in [0.05, 0.1) is 7.11 Å². The Morgan fingerprint density at radius 3 is 2.64 bits per heavy atom. The third-order valence-electron chi connectivity index (χ3n) is 6.56. The number of carbonyl (C=O) groups is 1. The maximum atomic E-state index is 11.3. The van der Waals surface area contributed by atoms with Crippen molar-refractivity contribution < 1.29 is 9.53 Å². The van der Waals surface area contributed by atoms with Crippen LogP contribution in [-0.4, -0.2) is 18.8 Å². The van der Waals surface area contributed by atoms with Gasteiger partial charge in [0.2, 0.25) is 0 Å². The summed E-state index contributed by atoms with van der Waals surface area (Å²) >= 11 is 0. The van der Waals surface area contributed by atoms with Gasteiger partial charge < -0.3 is 4.74 Å². The highest BCUT2D eigenvalue weighted by Crippen LogP contribution is 2.17. The summed E-state index contributed by atoms with van der Waals surface area (Å²) < 4.78 is 4.66. The Hall–Kier alpha value is -3.72. The fourth-order valence-electron chi connectivity index (χ4n) is 4.89. The standard InChI is InChI=1S/C18H16.C12H11NO2/c1-3-7-15-13(5-1)9-11-18-16-8-4-2-6-14(16)10-12-17(15)18;1-15-12(14)11-8-10-5-3-2-4-9(10)6-7-13-11/h1,3,5-7,9-10,12H,2,4,8,11H2;2-7H,8H2,1H3. The lowest BCUT2D eigenvalue weighted by molar-refractivity contribution is -0.132. The molecule has 33 heavy (non-hydrogen) atoms. The first-order valence-electron chi connectivity index (χ1n) is 11.5. The number of hydrogen-bond acceptors (Lipinski definition) is 3. The van der Waals surface area contributed by atoms with E-state index in [9.17, 15) is 4.79 Å². The van der Waals surface area contributed by atoms with Crippen LogP contribution in [0.5, 0.6) is 0 Å². The minimum Gasteiger partial charge on any atom is -0.465 e. The van der Waals surface area contributed by atoms with E-state index in [0.29, 0.717) is 12.1 Å². The minimum atomic E-state index is -0.364. The largest absolute Gasteiger partial charge is 0.465 e. The van der Waals surface area contributed by atoms with Crippen LogP contribution in [0.3, 0.4) is 0 Å². The molecule has 0 atom stereocenters. The Bertz CT molecular complexity index is 1490. The lowest BCUT2D eigenvalue weighted by Crippen LogP contribution is -2.19. The molecule has 0 saturated carbocycles. The smallest absolute Gasteiger partial charge is 0.352 e. The molecule has 0 spiro atoms. The highest BCUT2D eigenvalue weighted by atomic mass is 16.5. The Balaban J connectivity index is 0.000000141. The van der Waals surface area contributed by atoms with Crippen LogP contribution in [0.1, 0.15) is 35.1 Å². The number of rotatable bonds is 1. The Kier molecular flexibility index (Phi) is 6.03. The number of methoxy groups -OCH3 is 1. The highest BCUT2D eigenvalue weighted by Gasteiger charge is 2.15. The molecule has 0 saturated heterocycles. The van der Waals surface area contributed by atoms with E-state index >= 15 is 0 Å². The van der Waals surface area contributed by atoms with Gasteiger partial charge in [-0.25, -0.2) is 4.79 Å².